The normalized spacial score (nSPS) is 29.4. The van der Waals surface area contributed by atoms with E-state index in [1.54, 1.807) is 25.1 Å². The number of hydrogen-bond acceptors (Lipinski definition) is 7. The number of anilines is 2. The molecule has 3 saturated heterocycles. The lowest BCUT2D eigenvalue weighted by atomic mass is 9.75. The Morgan fingerprint density at radius 3 is 2.65 bits per heavy atom. The number of fused-ring (bicyclic) bond motifs is 7. The van der Waals surface area contributed by atoms with Gasteiger partial charge >= 0.3 is 0 Å². The quantitative estimate of drug-likeness (QED) is 0.422. The van der Waals surface area contributed by atoms with Crippen molar-refractivity contribution in [1.29, 1.82) is 0 Å². The molecule has 10 heteroatoms. The second-order valence-electron chi connectivity index (χ2n) is 9.28. The van der Waals surface area contributed by atoms with E-state index in [2.05, 4.69) is 5.32 Å². The molecule has 2 aromatic carbocycles. The van der Waals surface area contributed by atoms with Crippen molar-refractivity contribution in [1.82, 2.24) is 4.90 Å². The molecule has 34 heavy (non-hydrogen) atoms. The maximum absolute atomic E-state index is 14.0. The van der Waals surface area contributed by atoms with Crippen LogP contribution in [0.2, 0.25) is 0 Å². The van der Waals surface area contributed by atoms with Gasteiger partial charge in [-0.3, -0.25) is 29.4 Å². The average Bonchev–Trinajstić information content (AvgIpc) is 3.52. The number of nitrogens with one attached hydrogen (secondary N) is 1. The first-order chi connectivity index (χ1) is 16.3. The highest BCUT2D eigenvalue weighted by Crippen LogP contribution is 2.61. The van der Waals surface area contributed by atoms with Crippen molar-refractivity contribution in [3.05, 3.63) is 57.6 Å². The molecule has 0 radical (unpaired) electrons. The van der Waals surface area contributed by atoms with Crippen LogP contribution in [0.25, 0.3) is 0 Å². The third-order valence-corrected chi connectivity index (χ3v) is 7.83. The van der Waals surface area contributed by atoms with E-state index in [4.69, 9.17) is 4.74 Å². The Kier molecular flexibility index (Phi) is 4.20. The molecule has 2 aromatic rings. The smallest absolute Gasteiger partial charge is 0.269 e. The van der Waals surface area contributed by atoms with Crippen molar-refractivity contribution in [3.63, 3.8) is 0 Å². The summed E-state index contributed by atoms with van der Waals surface area (Å²) < 4.78 is 5.41. The van der Waals surface area contributed by atoms with E-state index in [0.29, 0.717) is 41.2 Å². The predicted molar refractivity (Wildman–Crippen MR) is 120 cm³/mol. The maximum atomic E-state index is 14.0. The molecule has 3 amide bonds. The molecule has 3 fully saturated rings. The zero-order valence-corrected chi connectivity index (χ0v) is 18.6. The number of nitro groups is 1. The first-order valence-corrected chi connectivity index (χ1v) is 11.2. The van der Waals surface area contributed by atoms with Gasteiger partial charge in [-0.1, -0.05) is 0 Å². The molecular weight excluding hydrogens is 440 g/mol. The fraction of sp³-hybridized carbons (Fsp3) is 0.375. The lowest BCUT2D eigenvalue weighted by Gasteiger charge is -2.36. The van der Waals surface area contributed by atoms with Gasteiger partial charge < -0.3 is 10.1 Å². The number of amides is 3. The minimum Gasteiger partial charge on any atom is -0.497 e. The summed E-state index contributed by atoms with van der Waals surface area (Å²) in [5.41, 5.74) is 0.619. The molecule has 0 bridgehead atoms. The Hall–Kier alpha value is -3.79. The van der Waals surface area contributed by atoms with E-state index in [1.165, 1.54) is 25.3 Å². The fourth-order valence-electron chi connectivity index (χ4n) is 6.55. The summed E-state index contributed by atoms with van der Waals surface area (Å²) in [4.78, 5) is 55.3. The van der Waals surface area contributed by atoms with Gasteiger partial charge in [0.15, 0.2) is 0 Å². The van der Waals surface area contributed by atoms with Gasteiger partial charge in [-0.2, -0.15) is 0 Å². The van der Waals surface area contributed by atoms with E-state index in [-0.39, 0.29) is 23.5 Å². The summed E-state index contributed by atoms with van der Waals surface area (Å²) in [6.07, 6.45) is 1.53. The third-order valence-electron chi connectivity index (χ3n) is 7.83. The van der Waals surface area contributed by atoms with E-state index >= 15 is 0 Å². The molecule has 6 rings (SSSR count). The molecule has 0 unspecified atom stereocenters. The zero-order valence-electron chi connectivity index (χ0n) is 18.6. The molecular formula is C24H22N4O6. The Morgan fingerprint density at radius 2 is 1.94 bits per heavy atom. The molecule has 10 nitrogen and oxygen atoms in total. The van der Waals surface area contributed by atoms with Crippen LogP contribution in [0.15, 0.2) is 36.4 Å². The van der Waals surface area contributed by atoms with E-state index in [0.717, 1.165) is 11.3 Å². The summed E-state index contributed by atoms with van der Waals surface area (Å²) in [7, 11) is 1.54. The number of rotatable bonds is 3. The van der Waals surface area contributed by atoms with E-state index < -0.39 is 28.2 Å². The zero-order chi connectivity index (χ0) is 23.9. The van der Waals surface area contributed by atoms with Crippen LogP contribution in [0, 0.1) is 28.9 Å². The largest absolute Gasteiger partial charge is 0.497 e. The Balaban J connectivity index is 1.53. The lowest BCUT2D eigenvalue weighted by molar-refractivity contribution is -0.384. The van der Waals surface area contributed by atoms with Gasteiger partial charge in [0.2, 0.25) is 17.7 Å². The van der Waals surface area contributed by atoms with Crippen LogP contribution in [-0.2, 0) is 19.9 Å². The van der Waals surface area contributed by atoms with Crippen molar-refractivity contribution in [3.8, 4) is 5.75 Å². The van der Waals surface area contributed by atoms with Crippen LogP contribution in [0.1, 0.15) is 24.0 Å². The van der Waals surface area contributed by atoms with Crippen molar-refractivity contribution >= 4 is 34.8 Å². The monoisotopic (exact) mass is 462 g/mol. The van der Waals surface area contributed by atoms with Crippen molar-refractivity contribution < 1.29 is 24.0 Å². The van der Waals surface area contributed by atoms with Gasteiger partial charge in [0.05, 0.1) is 29.6 Å². The minimum atomic E-state index is -1.30. The summed E-state index contributed by atoms with van der Waals surface area (Å²) in [6, 6.07) is 9.13. The van der Waals surface area contributed by atoms with E-state index in [9.17, 15) is 24.5 Å². The molecule has 174 valence electrons. The van der Waals surface area contributed by atoms with Crippen LogP contribution in [0.5, 0.6) is 5.75 Å². The highest BCUT2D eigenvalue weighted by molar-refractivity contribution is 6.26. The second kappa shape index (κ2) is 6.86. The lowest BCUT2D eigenvalue weighted by Crippen LogP contribution is -2.54. The SMILES string of the molecule is COc1ccc2c(c1)[C@]1(C(=O)N2)[C@@H]2C(=O)N(c3ccc([N+](=O)[O-])cc3C)C(=O)[C@@H]2[C@@H]2CCCN21. The van der Waals surface area contributed by atoms with Gasteiger partial charge in [0.1, 0.15) is 11.3 Å². The number of methoxy groups -OCH3 is 1. The van der Waals surface area contributed by atoms with Crippen LogP contribution in [-0.4, -0.2) is 47.2 Å². The molecule has 1 N–H and O–H groups in total. The van der Waals surface area contributed by atoms with E-state index in [1.807, 2.05) is 4.90 Å². The first kappa shape index (κ1) is 20.8. The van der Waals surface area contributed by atoms with Crippen molar-refractivity contribution in [2.45, 2.75) is 31.3 Å². The molecule has 4 heterocycles. The van der Waals surface area contributed by atoms with Gasteiger partial charge in [-0.25, -0.2) is 4.90 Å². The molecule has 4 aliphatic rings. The first-order valence-electron chi connectivity index (χ1n) is 11.2. The number of carbonyl (C=O) groups excluding carboxylic acids is 3. The third kappa shape index (κ3) is 2.35. The minimum absolute atomic E-state index is 0.116. The Labute approximate surface area is 194 Å². The number of carbonyl (C=O) groups is 3. The number of ether oxygens (including phenoxy) is 1. The summed E-state index contributed by atoms with van der Waals surface area (Å²) >= 11 is 0. The molecule has 4 atom stereocenters. The highest BCUT2D eigenvalue weighted by Gasteiger charge is 2.74. The predicted octanol–water partition coefficient (Wildman–Crippen LogP) is 2.34. The molecule has 0 aromatic heterocycles. The number of hydrogen-bond donors (Lipinski definition) is 1. The number of non-ortho nitro benzene ring substituents is 1. The summed E-state index contributed by atoms with van der Waals surface area (Å²) in [5.74, 6) is -2.12. The Bertz CT molecular complexity index is 1310. The summed E-state index contributed by atoms with van der Waals surface area (Å²) in [6.45, 7) is 2.25. The number of benzene rings is 2. The molecule has 0 aliphatic carbocycles. The fourth-order valence-corrected chi connectivity index (χ4v) is 6.55. The van der Waals surface area contributed by atoms with Crippen molar-refractivity contribution in [2.24, 2.45) is 11.8 Å². The van der Waals surface area contributed by atoms with Crippen LogP contribution < -0.4 is 15.0 Å². The number of nitro benzene ring substituents is 1. The second-order valence-corrected chi connectivity index (χ2v) is 9.28. The van der Waals surface area contributed by atoms with Gasteiger partial charge in [0, 0.05) is 29.4 Å². The molecule has 4 aliphatic heterocycles. The van der Waals surface area contributed by atoms with Crippen LogP contribution in [0.3, 0.4) is 0 Å². The highest BCUT2D eigenvalue weighted by atomic mass is 16.6. The summed E-state index contributed by atoms with van der Waals surface area (Å²) in [5, 5.41) is 14.1. The maximum Gasteiger partial charge on any atom is 0.269 e. The van der Waals surface area contributed by atoms with Crippen molar-refractivity contribution in [2.75, 3.05) is 23.9 Å². The standard InChI is InChI=1S/C24H22N4O6/c1-12-10-13(28(32)33)5-8-17(12)27-21(29)19-18-4-3-9-26(18)24(20(19)22(27)30)15-11-14(34-2)6-7-16(15)25-23(24)31/h5-8,10-11,18-20H,3-4,9H2,1-2H3,(H,25,31)/t18-,19+,20-,24+/m0/s1. The van der Waals surface area contributed by atoms with Crippen LogP contribution >= 0.6 is 0 Å². The van der Waals surface area contributed by atoms with Gasteiger partial charge in [-0.15, -0.1) is 0 Å². The number of imide groups is 1. The molecule has 0 saturated carbocycles. The topological polar surface area (TPSA) is 122 Å². The molecule has 1 spiro atoms. The Morgan fingerprint density at radius 1 is 1.15 bits per heavy atom. The number of nitrogens with zero attached hydrogens (tertiary/aromatic N) is 3. The van der Waals surface area contributed by atoms with Gasteiger partial charge in [-0.05, 0) is 56.1 Å². The average molecular weight is 462 g/mol. The number of aryl methyl sites for hydroxylation is 1. The van der Waals surface area contributed by atoms with Crippen LogP contribution in [0.4, 0.5) is 17.1 Å². The van der Waals surface area contributed by atoms with Gasteiger partial charge in [0.25, 0.3) is 5.69 Å².